The predicted molar refractivity (Wildman–Crippen MR) is 109 cm³/mol. The van der Waals surface area contributed by atoms with Crippen LogP contribution in [-0.4, -0.2) is 48.7 Å². The van der Waals surface area contributed by atoms with Crippen molar-refractivity contribution in [1.82, 2.24) is 14.6 Å². The zero-order chi connectivity index (χ0) is 20.1. The van der Waals surface area contributed by atoms with E-state index in [1.54, 1.807) is 4.52 Å². The van der Waals surface area contributed by atoms with E-state index in [0.717, 1.165) is 24.1 Å². The number of aromatic nitrogens is 3. The number of nitrogens with one attached hydrogen (secondary N) is 1. The summed E-state index contributed by atoms with van der Waals surface area (Å²) in [6.07, 6.45) is 0.555. The van der Waals surface area contributed by atoms with E-state index in [9.17, 15) is 15.3 Å². The van der Waals surface area contributed by atoms with Crippen LogP contribution in [-0.2, 0) is 6.42 Å². The maximum Gasteiger partial charge on any atom is 0.243 e. The van der Waals surface area contributed by atoms with E-state index in [2.05, 4.69) is 33.6 Å². The van der Waals surface area contributed by atoms with Crippen LogP contribution in [0.15, 0.2) is 36.4 Å². The van der Waals surface area contributed by atoms with Gasteiger partial charge in [0.05, 0.1) is 18.2 Å². The molecular formula is C21H23ClN4O3. The second-order valence-electron chi connectivity index (χ2n) is 7.99. The molecule has 2 aliphatic rings. The summed E-state index contributed by atoms with van der Waals surface area (Å²) in [4.78, 5) is 4.41. The molecule has 5 atom stereocenters. The molecule has 1 saturated carbocycles. The second-order valence-corrected chi connectivity index (χ2v) is 8.32. The van der Waals surface area contributed by atoms with Crippen molar-refractivity contribution in [3.05, 3.63) is 58.5 Å². The Kier molecular flexibility index (Phi) is 4.70. The Bertz CT molecular complexity index is 1060. The van der Waals surface area contributed by atoms with Crippen LogP contribution >= 0.6 is 11.6 Å². The van der Waals surface area contributed by atoms with Gasteiger partial charge in [0.15, 0.2) is 5.82 Å². The third kappa shape index (κ3) is 3.09. The standard InChI is InChI=1S/C21H23ClN4O3/c22-21-24-20(23-15-6-5-11-3-1-2-4-13(11)15)17-8-7-16(26(17)25-21)14-9-12(10-27)18(28)19(14)29/h1-4,7-8,12,14-15,18-19,27-29H,5-6,9-10H2,(H,23,24,25)/t12?,14-,15+,18+,19-/m0/s1. The van der Waals surface area contributed by atoms with Gasteiger partial charge in [0.1, 0.15) is 5.52 Å². The Morgan fingerprint density at radius 2 is 1.97 bits per heavy atom. The summed E-state index contributed by atoms with van der Waals surface area (Å²) in [5.41, 5.74) is 4.13. The first-order valence-corrected chi connectivity index (χ1v) is 10.3. The van der Waals surface area contributed by atoms with Crippen molar-refractivity contribution >= 4 is 22.9 Å². The maximum absolute atomic E-state index is 10.5. The van der Waals surface area contributed by atoms with Gasteiger partial charge in [-0.2, -0.15) is 4.98 Å². The lowest BCUT2D eigenvalue weighted by Gasteiger charge is -2.18. The van der Waals surface area contributed by atoms with Crippen LogP contribution in [0.1, 0.15) is 41.6 Å². The van der Waals surface area contributed by atoms with E-state index in [1.807, 2.05) is 18.2 Å². The van der Waals surface area contributed by atoms with E-state index in [0.29, 0.717) is 12.2 Å². The third-order valence-corrected chi connectivity index (χ3v) is 6.53. The van der Waals surface area contributed by atoms with E-state index < -0.39 is 12.2 Å². The van der Waals surface area contributed by atoms with Crippen LogP contribution < -0.4 is 5.32 Å². The molecule has 1 unspecified atom stereocenters. The minimum absolute atomic E-state index is 0.107. The number of hydrogen-bond donors (Lipinski definition) is 4. The van der Waals surface area contributed by atoms with Gasteiger partial charge in [-0.1, -0.05) is 24.3 Å². The summed E-state index contributed by atoms with van der Waals surface area (Å²) in [7, 11) is 0. The number of rotatable bonds is 4. The van der Waals surface area contributed by atoms with Crippen molar-refractivity contribution in [3.8, 4) is 0 Å². The zero-order valence-corrected chi connectivity index (χ0v) is 16.5. The number of nitrogens with zero attached hydrogens (tertiary/aromatic N) is 3. The fourth-order valence-corrected chi connectivity index (χ4v) is 5.01. The van der Waals surface area contributed by atoms with Crippen LogP contribution in [0.3, 0.4) is 0 Å². The Labute approximate surface area is 173 Å². The topological polar surface area (TPSA) is 103 Å². The molecule has 29 heavy (non-hydrogen) atoms. The van der Waals surface area contributed by atoms with Crippen LogP contribution in [0, 0.1) is 5.92 Å². The molecule has 1 fully saturated rings. The molecular weight excluding hydrogens is 392 g/mol. The molecule has 2 heterocycles. The Hall–Kier alpha value is -2.19. The molecule has 0 saturated heterocycles. The Balaban J connectivity index is 1.51. The number of anilines is 1. The van der Waals surface area contributed by atoms with Gasteiger partial charge in [-0.3, -0.25) is 0 Å². The molecule has 0 spiro atoms. The lowest BCUT2D eigenvalue weighted by molar-refractivity contribution is 0.00190. The first-order chi connectivity index (χ1) is 14.1. The van der Waals surface area contributed by atoms with Gasteiger partial charge in [-0.05, 0) is 54.1 Å². The van der Waals surface area contributed by atoms with E-state index in [1.165, 1.54) is 11.1 Å². The van der Waals surface area contributed by atoms with Gasteiger partial charge in [-0.15, -0.1) is 5.10 Å². The van der Waals surface area contributed by atoms with Crippen LogP contribution in [0.5, 0.6) is 0 Å². The highest BCUT2D eigenvalue weighted by Gasteiger charge is 2.43. The van der Waals surface area contributed by atoms with E-state index in [4.69, 9.17) is 11.6 Å². The van der Waals surface area contributed by atoms with E-state index >= 15 is 0 Å². The van der Waals surface area contributed by atoms with Crippen LogP contribution in [0.25, 0.3) is 5.52 Å². The first-order valence-electron chi connectivity index (χ1n) is 9.93. The van der Waals surface area contributed by atoms with Gasteiger partial charge in [0, 0.05) is 24.1 Å². The van der Waals surface area contributed by atoms with Crippen molar-refractivity contribution in [2.24, 2.45) is 5.92 Å². The molecule has 0 bridgehead atoms. The zero-order valence-electron chi connectivity index (χ0n) is 15.7. The molecule has 0 radical (unpaired) electrons. The summed E-state index contributed by atoms with van der Waals surface area (Å²) in [6, 6.07) is 12.3. The SMILES string of the molecule is OCC1C[C@@H](c2ccc3c(N[C@@H]4CCc5ccccc54)nc(Cl)nn23)[C@H](O)[C@@H]1O. The van der Waals surface area contributed by atoms with Gasteiger partial charge in [0.25, 0.3) is 0 Å². The molecule has 5 rings (SSSR count). The summed E-state index contributed by atoms with van der Waals surface area (Å²) < 4.78 is 1.69. The van der Waals surface area contributed by atoms with Gasteiger partial charge in [-0.25, -0.2) is 4.52 Å². The highest BCUT2D eigenvalue weighted by molar-refractivity contribution is 6.28. The number of halogens is 1. The maximum atomic E-state index is 10.5. The summed E-state index contributed by atoms with van der Waals surface area (Å²) in [6.45, 7) is -0.165. The molecule has 7 nitrogen and oxygen atoms in total. The number of benzene rings is 1. The summed E-state index contributed by atoms with van der Waals surface area (Å²) in [5, 5.41) is 38.1. The lowest BCUT2D eigenvalue weighted by atomic mass is 10.0. The Morgan fingerprint density at radius 1 is 1.14 bits per heavy atom. The lowest BCUT2D eigenvalue weighted by Crippen LogP contribution is -2.29. The van der Waals surface area contributed by atoms with Crippen molar-refractivity contribution in [1.29, 1.82) is 0 Å². The normalized spacial score (nSPS) is 28.8. The number of aliphatic hydroxyl groups is 3. The van der Waals surface area contributed by atoms with Gasteiger partial charge in [0.2, 0.25) is 5.28 Å². The summed E-state index contributed by atoms with van der Waals surface area (Å²) in [5.74, 6) is -0.0502. The molecule has 4 N–H and O–H groups in total. The molecule has 3 aromatic rings. The molecule has 0 amide bonds. The minimum Gasteiger partial charge on any atom is -0.396 e. The van der Waals surface area contributed by atoms with Crippen molar-refractivity contribution in [2.75, 3.05) is 11.9 Å². The largest absolute Gasteiger partial charge is 0.396 e. The highest BCUT2D eigenvalue weighted by Crippen LogP contribution is 2.40. The van der Waals surface area contributed by atoms with Gasteiger partial charge >= 0.3 is 0 Å². The van der Waals surface area contributed by atoms with Crippen molar-refractivity contribution < 1.29 is 15.3 Å². The number of aliphatic hydroxyl groups excluding tert-OH is 3. The molecule has 8 heteroatoms. The van der Waals surface area contributed by atoms with Crippen LogP contribution in [0.4, 0.5) is 5.82 Å². The molecule has 152 valence electrons. The first kappa shape index (κ1) is 18.8. The van der Waals surface area contributed by atoms with Crippen molar-refractivity contribution in [3.63, 3.8) is 0 Å². The smallest absolute Gasteiger partial charge is 0.243 e. The minimum atomic E-state index is -0.961. The number of aryl methyl sites for hydroxylation is 1. The van der Waals surface area contributed by atoms with E-state index in [-0.39, 0.29) is 29.8 Å². The number of hydrogen-bond acceptors (Lipinski definition) is 6. The molecule has 2 aromatic heterocycles. The Morgan fingerprint density at radius 3 is 2.76 bits per heavy atom. The third-order valence-electron chi connectivity index (χ3n) is 6.37. The summed E-state index contributed by atoms with van der Waals surface area (Å²) >= 11 is 6.23. The average Bonchev–Trinajstić information content (AvgIpc) is 3.39. The fourth-order valence-electron chi connectivity index (χ4n) is 4.85. The fraction of sp³-hybridized carbons (Fsp3) is 0.429. The number of fused-ring (bicyclic) bond motifs is 2. The average molecular weight is 415 g/mol. The molecule has 2 aliphatic carbocycles. The monoisotopic (exact) mass is 414 g/mol. The highest BCUT2D eigenvalue weighted by atomic mass is 35.5. The predicted octanol–water partition coefficient (Wildman–Crippen LogP) is 2.30. The van der Waals surface area contributed by atoms with Crippen LogP contribution in [0.2, 0.25) is 5.28 Å². The second kappa shape index (κ2) is 7.25. The molecule has 1 aromatic carbocycles. The van der Waals surface area contributed by atoms with Gasteiger partial charge < -0.3 is 20.6 Å². The van der Waals surface area contributed by atoms with Crippen molar-refractivity contribution in [2.45, 2.75) is 43.4 Å². The molecule has 0 aliphatic heterocycles. The quantitative estimate of drug-likeness (QED) is 0.522.